The Hall–Kier alpha value is -1.92. The minimum absolute atomic E-state index is 0.147. The number of nitrogens with zero attached hydrogens (tertiary/aromatic N) is 1. The molecule has 2 aromatic heterocycles. The summed E-state index contributed by atoms with van der Waals surface area (Å²) in [5.74, 6) is -0.147. The summed E-state index contributed by atoms with van der Waals surface area (Å²) in [5.41, 5.74) is 9.18. The Kier molecular flexibility index (Phi) is 3.18. The molecule has 3 N–H and O–H groups in total. The highest BCUT2D eigenvalue weighted by Gasteiger charge is 2.15. The van der Waals surface area contributed by atoms with E-state index in [1.807, 2.05) is 29.6 Å². The van der Waals surface area contributed by atoms with Gasteiger partial charge in [-0.2, -0.15) is 0 Å². The predicted molar refractivity (Wildman–Crippen MR) is 79.5 cm³/mol. The molecular formula is C13H11N3OS2. The number of rotatable bonds is 3. The van der Waals surface area contributed by atoms with Crippen molar-refractivity contribution < 1.29 is 4.79 Å². The molecule has 1 amide bonds. The lowest BCUT2D eigenvalue weighted by molar-refractivity contribution is 0.0955. The molecule has 0 saturated heterocycles. The minimum atomic E-state index is -0.147. The zero-order valence-electron chi connectivity index (χ0n) is 9.92. The molecule has 1 aromatic carbocycles. The fourth-order valence-corrected chi connectivity index (χ4v) is 3.41. The van der Waals surface area contributed by atoms with Gasteiger partial charge < -0.3 is 11.1 Å². The van der Waals surface area contributed by atoms with Crippen molar-refractivity contribution in [1.29, 1.82) is 0 Å². The number of carbonyl (C=O) groups is 1. The van der Waals surface area contributed by atoms with Crippen LogP contribution in [0.15, 0.2) is 35.2 Å². The first-order valence-electron chi connectivity index (χ1n) is 5.68. The predicted octanol–water partition coefficient (Wildman–Crippen LogP) is 2.87. The number of anilines is 1. The molecule has 0 radical (unpaired) electrons. The standard InChI is InChI=1S/C13H11N3OS2/c14-11-9-3-1-2-4-10(9)19-12(11)13(17)15-5-8-6-18-7-16-8/h1-4,6-7H,5,14H2,(H,15,17). The number of thiazole rings is 1. The van der Waals surface area contributed by atoms with Gasteiger partial charge in [-0.05, 0) is 6.07 Å². The number of fused-ring (bicyclic) bond motifs is 1. The van der Waals surface area contributed by atoms with Crippen LogP contribution in [0, 0.1) is 0 Å². The molecular weight excluding hydrogens is 278 g/mol. The number of amides is 1. The third-order valence-corrected chi connectivity index (χ3v) is 4.57. The molecule has 0 fully saturated rings. The van der Waals surface area contributed by atoms with Crippen molar-refractivity contribution in [3.8, 4) is 0 Å². The van der Waals surface area contributed by atoms with Gasteiger partial charge in [0.2, 0.25) is 0 Å². The average molecular weight is 289 g/mol. The highest BCUT2D eigenvalue weighted by Crippen LogP contribution is 2.33. The van der Waals surface area contributed by atoms with Crippen molar-refractivity contribution in [2.45, 2.75) is 6.54 Å². The van der Waals surface area contributed by atoms with Crippen LogP contribution in [0.25, 0.3) is 10.1 Å². The van der Waals surface area contributed by atoms with Crippen molar-refractivity contribution in [1.82, 2.24) is 10.3 Å². The van der Waals surface area contributed by atoms with E-state index in [1.165, 1.54) is 22.7 Å². The number of hydrogen-bond acceptors (Lipinski definition) is 5. The van der Waals surface area contributed by atoms with E-state index in [1.54, 1.807) is 5.51 Å². The first-order valence-corrected chi connectivity index (χ1v) is 7.44. The smallest absolute Gasteiger partial charge is 0.263 e. The Morgan fingerprint density at radius 2 is 2.21 bits per heavy atom. The second-order valence-corrected chi connectivity index (χ2v) is 5.77. The van der Waals surface area contributed by atoms with E-state index in [4.69, 9.17) is 5.73 Å². The molecule has 96 valence electrons. The van der Waals surface area contributed by atoms with E-state index in [0.717, 1.165) is 15.8 Å². The van der Waals surface area contributed by atoms with Crippen LogP contribution in [0.2, 0.25) is 0 Å². The summed E-state index contributed by atoms with van der Waals surface area (Å²) < 4.78 is 1.03. The Morgan fingerprint density at radius 3 is 2.95 bits per heavy atom. The van der Waals surface area contributed by atoms with Gasteiger partial charge in [0.15, 0.2) is 0 Å². The van der Waals surface area contributed by atoms with E-state index in [2.05, 4.69) is 10.3 Å². The summed E-state index contributed by atoms with van der Waals surface area (Å²) in [5, 5.41) is 5.69. The largest absolute Gasteiger partial charge is 0.397 e. The molecule has 6 heteroatoms. The van der Waals surface area contributed by atoms with Crippen LogP contribution in [-0.4, -0.2) is 10.9 Å². The van der Waals surface area contributed by atoms with E-state index in [-0.39, 0.29) is 5.91 Å². The lowest BCUT2D eigenvalue weighted by Crippen LogP contribution is -2.22. The summed E-state index contributed by atoms with van der Waals surface area (Å²) in [6.07, 6.45) is 0. The lowest BCUT2D eigenvalue weighted by atomic mass is 10.2. The van der Waals surface area contributed by atoms with Crippen LogP contribution in [0.1, 0.15) is 15.4 Å². The molecule has 0 spiro atoms. The van der Waals surface area contributed by atoms with Gasteiger partial charge in [0.1, 0.15) is 4.88 Å². The average Bonchev–Trinajstić information content (AvgIpc) is 3.05. The van der Waals surface area contributed by atoms with E-state index >= 15 is 0 Å². The first kappa shape index (κ1) is 12.1. The SMILES string of the molecule is Nc1c(C(=O)NCc2cscn2)sc2ccccc12. The fraction of sp³-hybridized carbons (Fsp3) is 0.0769. The number of thiophene rings is 1. The second-order valence-electron chi connectivity index (χ2n) is 4.00. The first-order chi connectivity index (χ1) is 9.25. The number of hydrogen-bond donors (Lipinski definition) is 2. The molecule has 2 heterocycles. The maximum atomic E-state index is 12.1. The van der Waals surface area contributed by atoms with Gasteiger partial charge in [-0.3, -0.25) is 4.79 Å². The molecule has 0 unspecified atom stereocenters. The second kappa shape index (κ2) is 4.99. The fourth-order valence-electron chi connectivity index (χ4n) is 1.81. The number of benzene rings is 1. The normalized spacial score (nSPS) is 10.7. The highest BCUT2D eigenvalue weighted by atomic mass is 32.1. The van der Waals surface area contributed by atoms with Crippen LogP contribution >= 0.6 is 22.7 Å². The van der Waals surface area contributed by atoms with Gasteiger partial charge in [0.05, 0.1) is 23.4 Å². The molecule has 3 aromatic rings. The molecule has 19 heavy (non-hydrogen) atoms. The van der Waals surface area contributed by atoms with Crippen molar-refractivity contribution >= 4 is 44.4 Å². The molecule has 0 bridgehead atoms. The topological polar surface area (TPSA) is 68.0 Å². The molecule has 0 aliphatic rings. The Balaban J connectivity index is 1.83. The summed E-state index contributed by atoms with van der Waals surface area (Å²) >= 11 is 2.92. The van der Waals surface area contributed by atoms with Crippen LogP contribution in [0.3, 0.4) is 0 Å². The van der Waals surface area contributed by atoms with Crippen molar-refractivity contribution in [2.24, 2.45) is 0 Å². The minimum Gasteiger partial charge on any atom is -0.397 e. The van der Waals surface area contributed by atoms with Crippen molar-refractivity contribution in [3.63, 3.8) is 0 Å². The van der Waals surface area contributed by atoms with E-state index in [9.17, 15) is 4.79 Å². The van der Waals surface area contributed by atoms with Crippen LogP contribution < -0.4 is 11.1 Å². The quantitative estimate of drug-likeness (QED) is 0.779. The highest BCUT2D eigenvalue weighted by molar-refractivity contribution is 7.21. The molecule has 4 nitrogen and oxygen atoms in total. The van der Waals surface area contributed by atoms with Crippen LogP contribution in [0.4, 0.5) is 5.69 Å². The summed E-state index contributed by atoms with van der Waals surface area (Å²) in [4.78, 5) is 16.8. The van der Waals surface area contributed by atoms with Gasteiger partial charge in [-0.15, -0.1) is 22.7 Å². The number of carbonyl (C=O) groups excluding carboxylic acids is 1. The Labute approximate surface area is 117 Å². The van der Waals surface area contributed by atoms with Gasteiger partial charge in [-0.1, -0.05) is 18.2 Å². The number of aromatic nitrogens is 1. The van der Waals surface area contributed by atoms with Crippen molar-refractivity contribution in [2.75, 3.05) is 5.73 Å². The van der Waals surface area contributed by atoms with Crippen molar-refractivity contribution in [3.05, 3.63) is 45.7 Å². The molecule has 0 aliphatic carbocycles. The zero-order valence-corrected chi connectivity index (χ0v) is 11.6. The zero-order chi connectivity index (χ0) is 13.2. The summed E-state index contributed by atoms with van der Waals surface area (Å²) in [6.45, 7) is 0.427. The Bertz CT molecular complexity index is 719. The monoisotopic (exact) mass is 289 g/mol. The number of nitrogens with two attached hydrogens (primary N) is 1. The summed E-state index contributed by atoms with van der Waals surface area (Å²) in [7, 11) is 0. The number of nitrogen functional groups attached to an aromatic ring is 1. The maximum Gasteiger partial charge on any atom is 0.263 e. The molecule has 0 atom stereocenters. The molecule has 0 aliphatic heterocycles. The Morgan fingerprint density at radius 1 is 1.37 bits per heavy atom. The maximum absolute atomic E-state index is 12.1. The number of nitrogens with one attached hydrogen (secondary N) is 1. The van der Waals surface area contributed by atoms with Crippen LogP contribution in [-0.2, 0) is 6.54 Å². The third-order valence-electron chi connectivity index (χ3n) is 2.75. The molecule has 3 rings (SSSR count). The van der Waals surface area contributed by atoms with Gasteiger partial charge in [0, 0.05) is 15.5 Å². The van der Waals surface area contributed by atoms with Gasteiger partial charge in [0.25, 0.3) is 5.91 Å². The third kappa shape index (κ3) is 2.32. The van der Waals surface area contributed by atoms with Crippen LogP contribution in [0.5, 0.6) is 0 Å². The van der Waals surface area contributed by atoms with Gasteiger partial charge in [-0.25, -0.2) is 4.98 Å². The van der Waals surface area contributed by atoms with E-state index in [0.29, 0.717) is 17.1 Å². The van der Waals surface area contributed by atoms with E-state index < -0.39 is 0 Å². The lowest BCUT2D eigenvalue weighted by Gasteiger charge is -2.01. The molecule has 0 saturated carbocycles. The van der Waals surface area contributed by atoms with Gasteiger partial charge >= 0.3 is 0 Å². The summed E-state index contributed by atoms with van der Waals surface area (Å²) in [6, 6.07) is 7.75.